The molecule has 0 spiro atoms. The van der Waals surface area contributed by atoms with Gasteiger partial charge in [-0.15, -0.1) is 0 Å². The van der Waals surface area contributed by atoms with E-state index in [-0.39, 0.29) is 6.04 Å². The minimum atomic E-state index is 0.209. The molecule has 2 fully saturated rings. The summed E-state index contributed by atoms with van der Waals surface area (Å²) in [5.41, 5.74) is 7.09. The van der Waals surface area contributed by atoms with Crippen LogP contribution in [0.15, 0.2) is 18.3 Å². The fourth-order valence-electron chi connectivity index (χ4n) is 3.91. The number of piperidine rings is 1. The molecule has 2 aliphatic rings. The average Bonchev–Trinajstić information content (AvgIpc) is 2.47. The van der Waals surface area contributed by atoms with E-state index in [1.165, 1.54) is 50.8 Å². The Morgan fingerprint density at radius 3 is 2.75 bits per heavy atom. The third kappa shape index (κ3) is 3.14. The summed E-state index contributed by atoms with van der Waals surface area (Å²) in [6.07, 6.45) is 10.0. The van der Waals surface area contributed by atoms with Crippen LogP contribution >= 0.6 is 0 Å². The number of hydrogen-bond acceptors (Lipinski definition) is 3. The van der Waals surface area contributed by atoms with E-state index in [4.69, 9.17) is 5.73 Å². The van der Waals surface area contributed by atoms with E-state index in [9.17, 15) is 0 Å². The molecule has 20 heavy (non-hydrogen) atoms. The molecule has 110 valence electrons. The van der Waals surface area contributed by atoms with Gasteiger partial charge in [0.15, 0.2) is 0 Å². The van der Waals surface area contributed by atoms with E-state index < -0.39 is 0 Å². The lowest BCUT2D eigenvalue weighted by molar-refractivity contribution is 0.202. The Hall–Kier alpha value is -1.09. The average molecular weight is 273 g/mol. The summed E-state index contributed by atoms with van der Waals surface area (Å²) in [4.78, 5) is 7.15. The van der Waals surface area contributed by atoms with E-state index >= 15 is 0 Å². The molecule has 2 N–H and O–H groups in total. The van der Waals surface area contributed by atoms with Gasteiger partial charge >= 0.3 is 0 Å². The van der Waals surface area contributed by atoms with Crippen molar-refractivity contribution in [3.05, 3.63) is 23.9 Å². The Kier molecular flexibility index (Phi) is 4.25. The van der Waals surface area contributed by atoms with Crippen LogP contribution < -0.4 is 10.6 Å². The van der Waals surface area contributed by atoms with Crippen LogP contribution in [-0.2, 0) is 6.42 Å². The Morgan fingerprint density at radius 2 is 2.05 bits per heavy atom. The molecular formula is C17H27N3. The van der Waals surface area contributed by atoms with Gasteiger partial charge in [0.1, 0.15) is 5.82 Å². The predicted molar refractivity (Wildman–Crippen MR) is 83.9 cm³/mol. The van der Waals surface area contributed by atoms with Gasteiger partial charge in [-0.1, -0.05) is 25.3 Å². The molecule has 1 saturated carbocycles. The molecule has 0 bridgehead atoms. The predicted octanol–water partition coefficient (Wildman–Crippen LogP) is 2.99. The van der Waals surface area contributed by atoms with Crippen molar-refractivity contribution in [2.45, 2.75) is 51.5 Å². The molecule has 3 nitrogen and oxygen atoms in total. The molecule has 1 aromatic rings. The van der Waals surface area contributed by atoms with E-state index in [0.29, 0.717) is 0 Å². The van der Waals surface area contributed by atoms with Crippen LogP contribution in [0.25, 0.3) is 0 Å². The third-order valence-electron chi connectivity index (χ3n) is 4.98. The monoisotopic (exact) mass is 273 g/mol. The summed E-state index contributed by atoms with van der Waals surface area (Å²) in [7, 11) is 0. The molecule has 3 heteroatoms. The van der Waals surface area contributed by atoms with Gasteiger partial charge in [-0.3, -0.25) is 0 Å². The zero-order valence-electron chi connectivity index (χ0n) is 12.6. The molecule has 3 unspecified atom stereocenters. The standard InChI is InChI=1S/C17H27N3/c1-13(18)10-14-6-7-17(19-11-14)20-9-8-15-4-2-3-5-16(15)12-20/h6-7,11,13,15-16H,2-5,8-10,12,18H2,1H3. The van der Waals surface area contributed by atoms with Gasteiger partial charge in [0, 0.05) is 25.3 Å². The minimum Gasteiger partial charge on any atom is -0.356 e. The summed E-state index contributed by atoms with van der Waals surface area (Å²) in [6.45, 7) is 4.44. The highest BCUT2D eigenvalue weighted by Gasteiger charge is 2.31. The fraction of sp³-hybridized carbons (Fsp3) is 0.706. The van der Waals surface area contributed by atoms with E-state index in [0.717, 1.165) is 24.1 Å². The van der Waals surface area contributed by atoms with E-state index in [1.807, 2.05) is 13.1 Å². The van der Waals surface area contributed by atoms with Crippen LogP contribution in [0.4, 0.5) is 5.82 Å². The Balaban J connectivity index is 1.64. The SMILES string of the molecule is CC(N)Cc1ccc(N2CCC3CCCCC3C2)nc1. The topological polar surface area (TPSA) is 42.1 Å². The van der Waals surface area contributed by atoms with Crippen molar-refractivity contribution in [1.82, 2.24) is 4.98 Å². The molecule has 0 amide bonds. The number of fused-ring (bicyclic) bond motifs is 1. The lowest BCUT2D eigenvalue weighted by atomic mass is 9.75. The van der Waals surface area contributed by atoms with Crippen molar-refractivity contribution < 1.29 is 0 Å². The highest BCUT2D eigenvalue weighted by molar-refractivity contribution is 5.40. The molecule has 3 rings (SSSR count). The van der Waals surface area contributed by atoms with Crippen LogP contribution in [0.5, 0.6) is 0 Å². The zero-order valence-corrected chi connectivity index (χ0v) is 12.6. The number of rotatable bonds is 3. The molecule has 0 radical (unpaired) electrons. The second-order valence-electron chi connectivity index (χ2n) is 6.75. The van der Waals surface area contributed by atoms with Crippen molar-refractivity contribution in [2.75, 3.05) is 18.0 Å². The van der Waals surface area contributed by atoms with Crippen molar-refractivity contribution in [3.63, 3.8) is 0 Å². The Bertz CT molecular complexity index is 426. The molecule has 3 atom stereocenters. The smallest absolute Gasteiger partial charge is 0.128 e. The highest BCUT2D eigenvalue weighted by atomic mass is 15.2. The van der Waals surface area contributed by atoms with Crippen LogP contribution in [0.1, 0.15) is 44.6 Å². The van der Waals surface area contributed by atoms with Crippen LogP contribution in [0.3, 0.4) is 0 Å². The van der Waals surface area contributed by atoms with Gasteiger partial charge in [0.05, 0.1) is 0 Å². The summed E-state index contributed by atoms with van der Waals surface area (Å²) < 4.78 is 0. The first kappa shape index (κ1) is 13.9. The number of anilines is 1. The molecule has 2 heterocycles. The second kappa shape index (κ2) is 6.13. The molecule has 1 aromatic heterocycles. The van der Waals surface area contributed by atoms with Gasteiger partial charge in [-0.2, -0.15) is 0 Å². The van der Waals surface area contributed by atoms with Crippen LogP contribution in [-0.4, -0.2) is 24.1 Å². The lowest BCUT2D eigenvalue weighted by Gasteiger charge is -2.41. The maximum atomic E-state index is 5.84. The normalized spacial score (nSPS) is 28.0. The van der Waals surface area contributed by atoms with Gasteiger partial charge in [0.25, 0.3) is 0 Å². The largest absolute Gasteiger partial charge is 0.356 e. The number of nitrogens with two attached hydrogens (primary N) is 1. The number of aromatic nitrogens is 1. The van der Waals surface area contributed by atoms with Gasteiger partial charge in [-0.05, 0) is 49.7 Å². The molecule has 1 aliphatic heterocycles. The van der Waals surface area contributed by atoms with Gasteiger partial charge < -0.3 is 10.6 Å². The van der Waals surface area contributed by atoms with Crippen LogP contribution in [0, 0.1) is 11.8 Å². The van der Waals surface area contributed by atoms with Crippen molar-refractivity contribution in [1.29, 1.82) is 0 Å². The fourth-order valence-corrected chi connectivity index (χ4v) is 3.91. The summed E-state index contributed by atoms with van der Waals surface area (Å²) in [5.74, 6) is 3.04. The quantitative estimate of drug-likeness (QED) is 0.920. The third-order valence-corrected chi connectivity index (χ3v) is 4.98. The van der Waals surface area contributed by atoms with E-state index in [1.54, 1.807) is 0 Å². The first-order chi connectivity index (χ1) is 9.72. The van der Waals surface area contributed by atoms with Crippen LogP contribution in [0.2, 0.25) is 0 Å². The lowest BCUT2D eigenvalue weighted by Crippen LogP contribution is -2.42. The van der Waals surface area contributed by atoms with Gasteiger partial charge in [-0.25, -0.2) is 4.98 Å². The second-order valence-corrected chi connectivity index (χ2v) is 6.75. The molecule has 1 aliphatic carbocycles. The maximum Gasteiger partial charge on any atom is 0.128 e. The van der Waals surface area contributed by atoms with Crippen molar-refractivity contribution in [2.24, 2.45) is 17.6 Å². The molecule has 1 saturated heterocycles. The maximum absolute atomic E-state index is 5.84. The number of hydrogen-bond donors (Lipinski definition) is 1. The van der Waals surface area contributed by atoms with Gasteiger partial charge in [0.2, 0.25) is 0 Å². The summed E-state index contributed by atoms with van der Waals surface area (Å²) in [5, 5.41) is 0. The zero-order chi connectivity index (χ0) is 13.9. The molecule has 0 aromatic carbocycles. The molecular weight excluding hydrogens is 246 g/mol. The highest BCUT2D eigenvalue weighted by Crippen LogP contribution is 2.37. The Labute approximate surface area is 122 Å². The van der Waals surface area contributed by atoms with E-state index in [2.05, 4.69) is 22.0 Å². The van der Waals surface area contributed by atoms with Crippen molar-refractivity contribution >= 4 is 5.82 Å². The first-order valence-corrected chi connectivity index (χ1v) is 8.18. The minimum absolute atomic E-state index is 0.209. The number of nitrogens with zero attached hydrogens (tertiary/aromatic N) is 2. The Morgan fingerprint density at radius 1 is 1.25 bits per heavy atom. The summed E-state index contributed by atoms with van der Waals surface area (Å²) in [6, 6.07) is 4.58. The first-order valence-electron chi connectivity index (χ1n) is 8.18. The van der Waals surface area contributed by atoms with Crippen molar-refractivity contribution in [3.8, 4) is 0 Å². The summed E-state index contributed by atoms with van der Waals surface area (Å²) >= 11 is 0. The number of pyridine rings is 1.